The minimum atomic E-state index is -3.28. The lowest BCUT2D eigenvalue weighted by Crippen LogP contribution is -2.10. The standard InChI is InChI=1S/C6H8N2O3S/c1-12(10,11)8-6-3-2-5(9)4-7-6/h2-4,9H,1H3,(H,7,8). The van der Waals surface area contributed by atoms with Crippen molar-refractivity contribution in [3.05, 3.63) is 18.3 Å². The van der Waals surface area contributed by atoms with Gasteiger partial charge in [-0.2, -0.15) is 0 Å². The Morgan fingerprint density at radius 3 is 2.58 bits per heavy atom. The smallest absolute Gasteiger partial charge is 0.230 e. The molecule has 0 bridgehead atoms. The second kappa shape index (κ2) is 2.98. The van der Waals surface area contributed by atoms with E-state index in [9.17, 15) is 8.42 Å². The average Bonchev–Trinajstić information content (AvgIpc) is 1.91. The van der Waals surface area contributed by atoms with E-state index in [4.69, 9.17) is 5.11 Å². The van der Waals surface area contributed by atoms with Crippen LogP contribution in [0, 0.1) is 0 Å². The van der Waals surface area contributed by atoms with E-state index in [1.54, 1.807) is 0 Å². The van der Waals surface area contributed by atoms with Gasteiger partial charge in [0.05, 0.1) is 12.5 Å². The van der Waals surface area contributed by atoms with E-state index in [-0.39, 0.29) is 11.6 Å². The van der Waals surface area contributed by atoms with Gasteiger partial charge in [-0.25, -0.2) is 13.4 Å². The molecule has 2 N–H and O–H groups in total. The third kappa shape index (κ3) is 2.75. The fraction of sp³-hybridized carbons (Fsp3) is 0.167. The number of pyridine rings is 1. The van der Waals surface area contributed by atoms with Gasteiger partial charge in [0, 0.05) is 0 Å². The van der Waals surface area contributed by atoms with Crippen LogP contribution in [0.3, 0.4) is 0 Å². The highest BCUT2D eigenvalue weighted by Crippen LogP contribution is 2.09. The molecule has 0 unspecified atom stereocenters. The number of sulfonamides is 1. The van der Waals surface area contributed by atoms with E-state index in [0.29, 0.717) is 0 Å². The molecule has 0 atom stereocenters. The lowest BCUT2D eigenvalue weighted by molar-refractivity contribution is 0.473. The van der Waals surface area contributed by atoms with Gasteiger partial charge in [0.15, 0.2) is 0 Å². The predicted octanol–water partition coefficient (Wildman–Crippen LogP) is 0.159. The summed E-state index contributed by atoms with van der Waals surface area (Å²) >= 11 is 0. The van der Waals surface area contributed by atoms with Gasteiger partial charge in [0.2, 0.25) is 10.0 Å². The first-order valence-electron chi connectivity index (χ1n) is 3.10. The molecule has 0 saturated carbocycles. The van der Waals surface area contributed by atoms with E-state index in [1.165, 1.54) is 12.1 Å². The van der Waals surface area contributed by atoms with E-state index in [1.807, 2.05) is 0 Å². The highest BCUT2D eigenvalue weighted by molar-refractivity contribution is 7.92. The summed E-state index contributed by atoms with van der Waals surface area (Å²) in [4.78, 5) is 3.62. The molecule has 0 aromatic carbocycles. The fourth-order valence-electron chi connectivity index (χ4n) is 0.636. The number of hydrogen-bond acceptors (Lipinski definition) is 4. The van der Waals surface area contributed by atoms with Gasteiger partial charge in [-0.15, -0.1) is 0 Å². The van der Waals surface area contributed by atoms with Crippen LogP contribution in [0.5, 0.6) is 5.75 Å². The van der Waals surface area contributed by atoms with E-state index >= 15 is 0 Å². The first-order chi connectivity index (χ1) is 5.47. The first kappa shape index (κ1) is 8.79. The Morgan fingerprint density at radius 2 is 2.17 bits per heavy atom. The molecule has 1 aromatic heterocycles. The van der Waals surface area contributed by atoms with Crippen LogP contribution in [-0.4, -0.2) is 24.8 Å². The second-order valence-electron chi connectivity index (χ2n) is 2.28. The normalized spacial score (nSPS) is 11.1. The zero-order valence-corrected chi connectivity index (χ0v) is 7.17. The van der Waals surface area contributed by atoms with Crippen molar-refractivity contribution < 1.29 is 13.5 Å². The Balaban J connectivity index is 2.85. The number of aromatic hydroxyl groups is 1. The minimum Gasteiger partial charge on any atom is -0.506 e. The molecule has 1 rings (SSSR count). The topological polar surface area (TPSA) is 79.3 Å². The van der Waals surface area contributed by atoms with Gasteiger partial charge >= 0.3 is 0 Å². The van der Waals surface area contributed by atoms with Crippen molar-refractivity contribution in [2.24, 2.45) is 0 Å². The highest BCUT2D eigenvalue weighted by atomic mass is 32.2. The maximum Gasteiger partial charge on any atom is 0.230 e. The van der Waals surface area contributed by atoms with Crippen molar-refractivity contribution in [3.8, 4) is 5.75 Å². The molecule has 0 spiro atoms. The van der Waals surface area contributed by atoms with E-state index in [2.05, 4.69) is 9.71 Å². The average molecular weight is 188 g/mol. The quantitative estimate of drug-likeness (QED) is 0.692. The molecule has 0 radical (unpaired) electrons. The van der Waals surface area contributed by atoms with Gasteiger partial charge in [0.1, 0.15) is 11.6 Å². The maximum absolute atomic E-state index is 10.7. The van der Waals surface area contributed by atoms with Crippen molar-refractivity contribution in [2.45, 2.75) is 0 Å². The molecule has 12 heavy (non-hydrogen) atoms. The SMILES string of the molecule is CS(=O)(=O)Nc1ccc(O)cn1. The molecule has 1 heterocycles. The molecule has 0 aliphatic rings. The summed E-state index contributed by atoms with van der Waals surface area (Å²) in [5, 5.41) is 8.82. The van der Waals surface area contributed by atoms with Crippen LogP contribution in [0.4, 0.5) is 5.82 Å². The Bertz CT molecular complexity index is 357. The Labute approximate surface area is 70.1 Å². The fourth-order valence-corrected chi connectivity index (χ4v) is 1.14. The Morgan fingerprint density at radius 1 is 1.50 bits per heavy atom. The predicted molar refractivity (Wildman–Crippen MR) is 44.4 cm³/mol. The zero-order valence-electron chi connectivity index (χ0n) is 6.35. The summed E-state index contributed by atoms with van der Waals surface area (Å²) in [7, 11) is -3.28. The summed E-state index contributed by atoms with van der Waals surface area (Å²) in [6.45, 7) is 0. The molecular formula is C6H8N2O3S. The van der Waals surface area contributed by atoms with Crippen LogP contribution in [0.15, 0.2) is 18.3 Å². The van der Waals surface area contributed by atoms with Crippen LogP contribution in [-0.2, 0) is 10.0 Å². The molecule has 0 amide bonds. The van der Waals surface area contributed by atoms with Gasteiger partial charge in [-0.1, -0.05) is 0 Å². The van der Waals surface area contributed by atoms with Crippen LogP contribution in [0.2, 0.25) is 0 Å². The highest BCUT2D eigenvalue weighted by Gasteiger charge is 2.01. The number of rotatable bonds is 2. The number of nitrogens with zero attached hydrogens (tertiary/aromatic N) is 1. The van der Waals surface area contributed by atoms with Gasteiger partial charge < -0.3 is 5.11 Å². The van der Waals surface area contributed by atoms with Crippen molar-refractivity contribution in [2.75, 3.05) is 11.0 Å². The summed E-state index contributed by atoms with van der Waals surface area (Å²) in [6, 6.07) is 2.72. The van der Waals surface area contributed by atoms with Crippen molar-refractivity contribution >= 4 is 15.8 Å². The Kier molecular flexibility index (Phi) is 2.18. The molecule has 0 fully saturated rings. The Hall–Kier alpha value is -1.30. The molecule has 0 aliphatic carbocycles. The van der Waals surface area contributed by atoms with Crippen molar-refractivity contribution in [1.82, 2.24) is 4.98 Å². The van der Waals surface area contributed by atoms with Crippen molar-refractivity contribution in [3.63, 3.8) is 0 Å². The maximum atomic E-state index is 10.7. The summed E-state index contributed by atoms with van der Waals surface area (Å²) in [5.41, 5.74) is 0. The van der Waals surface area contributed by atoms with Gasteiger partial charge in [0.25, 0.3) is 0 Å². The molecule has 1 aromatic rings. The summed E-state index contributed by atoms with van der Waals surface area (Å²) < 4.78 is 23.5. The zero-order chi connectivity index (χ0) is 9.19. The van der Waals surface area contributed by atoms with Crippen molar-refractivity contribution in [1.29, 1.82) is 0 Å². The largest absolute Gasteiger partial charge is 0.506 e. The van der Waals surface area contributed by atoms with Gasteiger partial charge in [-0.05, 0) is 12.1 Å². The van der Waals surface area contributed by atoms with Crippen LogP contribution >= 0.6 is 0 Å². The van der Waals surface area contributed by atoms with Crippen LogP contribution in [0.1, 0.15) is 0 Å². The molecule has 5 nitrogen and oxygen atoms in total. The van der Waals surface area contributed by atoms with E-state index in [0.717, 1.165) is 12.5 Å². The minimum absolute atomic E-state index is 0.00551. The number of nitrogens with one attached hydrogen (secondary N) is 1. The lowest BCUT2D eigenvalue weighted by Gasteiger charge is -2.00. The lowest BCUT2D eigenvalue weighted by atomic mass is 10.4. The molecule has 0 aliphatic heterocycles. The third-order valence-electron chi connectivity index (χ3n) is 1.04. The van der Waals surface area contributed by atoms with Crippen LogP contribution < -0.4 is 4.72 Å². The molecule has 0 saturated heterocycles. The third-order valence-corrected chi connectivity index (χ3v) is 1.62. The number of aromatic nitrogens is 1. The summed E-state index contributed by atoms with van der Waals surface area (Å²) in [6.07, 6.45) is 2.19. The summed E-state index contributed by atoms with van der Waals surface area (Å²) in [5.74, 6) is 0.185. The molecule has 6 heteroatoms. The van der Waals surface area contributed by atoms with E-state index < -0.39 is 10.0 Å². The van der Waals surface area contributed by atoms with Gasteiger partial charge in [-0.3, -0.25) is 4.72 Å². The number of hydrogen-bond donors (Lipinski definition) is 2. The molecular weight excluding hydrogens is 180 g/mol. The second-order valence-corrected chi connectivity index (χ2v) is 4.02. The van der Waals surface area contributed by atoms with Crippen LogP contribution in [0.25, 0.3) is 0 Å². The monoisotopic (exact) mass is 188 g/mol. The molecule has 66 valence electrons. The first-order valence-corrected chi connectivity index (χ1v) is 4.99. The number of anilines is 1.